The van der Waals surface area contributed by atoms with Crippen LogP contribution in [0.25, 0.3) is 0 Å². The Kier molecular flexibility index (Phi) is 4.74. The Morgan fingerprint density at radius 3 is 2.25 bits per heavy atom. The minimum atomic E-state index is -0.478. The van der Waals surface area contributed by atoms with E-state index in [1.54, 1.807) is 24.3 Å². The van der Waals surface area contributed by atoms with Crippen molar-refractivity contribution in [3.8, 4) is 0 Å². The molecule has 0 spiro atoms. The van der Waals surface area contributed by atoms with E-state index in [1.807, 2.05) is 6.92 Å². The minimum Gasteiger partial charge on any atom is -0.326 e. The zero-order chi connectivity index (χ0) is 14.5. The Morgan fingerprint density at radius 1 is 1.20 bits per heavy atom. The Labute approximate surface area is 118 Å². The summed E-state index contributed by atoms with van der Waals surface area (Å²) in [4.78, 5) is 23.4. The molecule has 0 heterocycles. The molecule has 0 bridgehead atoms. The van der Waals surface area contributed by atoms with Gasteiger partial charge < -0.3 is 16.4 Å². The van der Waals surface area contributed by atoms with E-state index in [0.29, 0.717) is 12.1 Å². The van der Waals surface area contributed by atoms with Gasteiger partial charge in [-0.1, -0.05) is 13.3 Å². The molecule has 1 aliphatic rings. The normalized spacial score (nSPS) is 15.5. The lowest BCUT2D eigenvalue weighted by Crippen LogP contribution is -2.35. The molecule has 5 heteroatoms. The smallest absolute Gasteiger partial charge is 0.241 e. The summed E-state index contributed by atoms with van der Waals surface area (Å²) in [6, 6.07) is 6.61. The Morgan fingerprint density at radius 2 is 1.75 bits per heavy atom. The van der Waals surface area contributed by atoms with Crippen LogP contribution in [0, 0.1) is 5.92 Å². The Balaban J connectivity index is 1.87. The second-order valence-electron chi connectivity index (χ2n) is 5.23. The molecule has 1 saturated carbocycles. The highest BCUT2D eigenvalue weighted by atomic mass is 16.2. The third-order valence-electron chi connectivity index (χ3n) is 3.30. The molecule has 5 nitrogen and oxygen atoms in total. The zero-order valence-corrected chi connectivity index (χ0v) is 11.7. The molecule has 2 rings (SSSR count). The van der Waals surface area contributed by atoms with Gasteiger partial charge in [-0.15, -0.1) is 0 Å². The van der Waals surface area contributed by atoms with Gasteiger partial charge in [0.25, 0.3) is 0 Å². The largest absolute Gasteiger partial charge is 0.326 e. The van der Waals surface area contributed by atoms with Crippen LogP contribution in [0.3, 0.4) is 0 Å². The van der Waals surface area contributed by atoms with E-state index in [1.165, 1.54) is 0 Å². The van der Waals surface area contributed by atoms with Crippen LogP contribution >= 0.6 is 0 Å². The van der Waals surface area contributed by atoms with E-state index in [9.17, 15) is 9.59 Å². The van der Waals surface area contributed by atoms with Crippen molar-refractivity contribution in [1.82, 2.24) is 0 Å². The summed E-state index contributed by atoms with van der Waals surface area (Å²) >= 11 is 0. The third kappa shape index (κ3) is 4.06. The molecule has 0 aromatic heterocycles. The van der Waals surface area contributed by atoms with Gasteiger partial charge in [0.15, 0.2) is 0 Å². The molecule has 0 aliphatic heterocycles. The number of carbonyl (C=O) groups is 2. The first-order valence-corrected chi connectivity index (χ1v) is 7.07. The number of hydrogen-bond donors (Lipinski definition) is 3. The highest BCUT2D eigenvalue weighted by Crippen LogP contribution is 2.30. The van der Waals surface area contributed by atoms with Gasteiger partial charge in [-0.3, -0.25) is 9.59 Å². The number of anilines is 2. The Bertz CT molecular complexity index is 480. The van der Waals surface area contributed by atoms with Crippen molar-refractivity contribution in [2.75, 3.05) is 10.6 Å². The third-order valence-corrected chi connectivity index (χ3v) is 3.30. The predicted octanol–water partition coefficient (Wildman–Crippen LogP) is 2.10. The van der Waals surface area contributed by atoms with E-state index in [-0.39, 0.29) is 17.7 Å². The molecule has 0 radical (unpaired) electrons. The number of carbonyl (C=O) groups excluding carboxylic acids is 2. The highest BCUT2D eigenvalue weighted by Gasteiger charge is 2.29. The molecule has 20 heavy (non-hydrogen) atoms. The topological polar surface area (TPSA) is 84.2 Å². The van der Waals surface area contributed by atoms with Gasteiger partial charge in [-0.25, -0.2) is 0 Å². The van der Waals surface area contributed by atoms with Gasteiger partial charge in [0.2, 0.25) is 11.8 Å². The minimum absolute atomic E-state index is 0.0757. The summed E-state index contributed by atoms with van der Waals surface area (Å²) in [5, 5.41) is 5.62. The molecular formula is C15H21N3O2. The van der Waals surface area contributed by atoms with Crippen LogP contribution in [0.2, 0.25) is 0 Å². The van der Waals surface area contributed by atoms with Crippen molar-refractivity contribution in [3.05, 3.63) is 24.3 Å². The number of nitrogens with one attached hydrogen (secondary N) is 2. The summed E-state index contributed by atoms with van der Waals surface area (Å²) in [5.41, 5.74) is 7.18. The van der Waals surface area contributed by atoms with E-state index < -0.39 is 6.04 Å². The molecule has 108 valence electrons. The SMILES string of the molecule is CCCC(N)C(=O)Nc1ccc(NC(=O)C2CC2)cc1. The molecule has 1 unspecified atom stereocenters. The van der Waals surface area contributed by atoms with Crippen LogP contribution in [0.1, 0.15) is 32.6 Å². The summed E-state index contributed by atoms with van der Waals surface area (Å²) < 4.78 is 0. The molecule has 1 aliphatic carbocycles. The number of rotatable bonds is 6. The second-order valence-corrected chi connectivity index (χ2v) is 5.23. The number of amides is 2. The van der Waals surface area contributed by atoms with Crippen LogP contribution in [-0.2, 0) is 9.59 Å². The average Bonchev–Trinajstić information content (AvgIpc) is 3.25. The molecule has 2 amide bonds. The van der Waals surface area contributed by atoms with Crippen molar-refractivity contribution in [3.63, 3.8) is 0 Å². The van der Waals surface area contributed by atoms with E-state index >= 15 is 0 Å². The standard InChI is InChI=1S/C15H21N3O2/c1-2-3-13(16)15(20)18-12-8-6-11(7-9-12)17-14(19)10-4-5-10/h6-10,13H,2-5,16H2,1H3,(H,17,19)(H,18,20). The van der Waals surface area contributed by atoms with Gasteiger partial charge in [-0.2, -0.15) is 0 Å². The molecule has 1 fully saturated rings. The molecule has 1 aromatic rings. The van der Waals surface area contributed by atoms with Gasteiger partial charge in [0.05, 0.1) is 6.04 Å². The average molecular weight is 275 g/mol. The van der Waals surface area contributed by atoms with Gasteiger partial charge >= 0.3 is 0 Å². The fourth-order valence-electron chi connectivity index (χ4n) is 1.90. The second kappa shape index (κ2) is 6.52. The monoisotopic (exact) mass is 275 g/mol. The number of hydrogen-bond acceptors (Lipinski definition) is 3. The van der Waals surface area contributed by atoms with Crippen molar-refractivity contribution in [2.24, 2.45) is 11.7 Å². The maximum atomic E-state index is 11.8. The summed E-state index contributed by atoms with van der Waals surface area (Å²) in [6.45, 7) is 1.99. The van der Waals surface area contributed by atoms with Crippen molar-refractivity contribution in [1.29, 1.82) is 0 Å². The van der Waals surface area contributed by atoms with E-state index in [0.717, 1.165) is 24.9 Å². The van der Waals surface area contributed by atoms with Crippen molar-refractivity contribution in [2.45, 2.75) is 38.6 Å². The van der Waals surface area contributed by atoms with Crippen molar-refractivity contribution < 1.29 is 9.59 Å². The van der Waals surface area contributed by atoms with E-state index in [2.05, 4.69) is 10.6 Å². The molecule has 1 atom stereocenters. The fraction of sp³-hybridized carbons (Fsp3) is 0.467. The fourth-order valence-corrected chi connectivity index (χ4v) is 1.90. The molecular weight excluding hydrogens is 254 g/mol. The van der Waals surface area contributed by atoms with Gasteiger partial charge in [0.1, 0.15) is 0 Å². The zero-order valence-electron chi connectivity index (χ0n) is 11.7. The van der Waals surface area contributed by atoms with Crippen LogP contribution in [-0.4, -0.2) is 17.9 Å². The first-order chi connectivity index (χ1) is 9.60. The summed E-state index contributed by atoms with van der Waals surface area (Å²) in [7, 11) is 0. The molecule has 4 N–H and O–H groups in total. The first-order valence-electron chi connectivity index (χ1n) is 7.07. The maximum absolute atomic E-state index is 11.8. The molecule has 1 aromatic carbocycles. The number of benzene rings is 1. The van der Waals surface area contributed by atoms with Crippen LogP contribution < -0.4 is 16.4 Å². The first kappa shape index (κ1) is 14.5. The molecule has 0 saturated heterocycles. The Hall–Kier alpha value is -1.88. The quantitative estimate of drug-likeness (QED) is 0.743. The summed E-state index contributed by atoms with van der Waals surface area (Å²) in [5.74, 6) is 0.0785. The van der Waals surface area contributed by atoms with Gasteiger partial charge in [-0.05, 0) is 43.5 Å². The lowest BCUT2D eigenvalue weighted by Gasteiger charge is -2.11. The number of nitrogens with two attached hydrogens (primary N) is 1. The van der Waals surface area contributed by atoms with Crippen LogP contribution in [0.15, 0.2) is 24.3 Å². The maximum Gasteiger partial charge on any atom is 0.241 e. The summed E-state index contributed by atoms with van der Waals surface area (Å²) in [6.07, 6.45) is 3.51. The van der Waals surface area contributed by atoms with Crippen LogP contribution in [0.4, 0.5) is 11.4 Å². The lowest BCUT2D eigenvalue weighted by atomic mass is 10.1. The van der Waals surface area contributed by atoms with Gasteiger partial charge in [0, 0.05) is 17.3 Å². The highest BCUT2D eigenvalue weighted by molar-refractivity contribution is 5.96. The van der Waals surface area contributed by atoms with Crippen molar-refractivity contribution >= 4 is 23.2 Å². The van der Waals surface area contributed by atoms with E-state index in [4.69, 9.17) is 5.73 Å². The lowest BCUT2D eigenvalue weighted by molar-refractivity contribution is -0.118. The predicted molar refractivity (Wildman–Crippen MR) is 79.3 cm³/mol. The van der Waals surface area contributed by atoms with Crippen LogP contribution in [0.5, 0.6) is 0 Å².